The minimum absolute atomic E-state index is 0.00417. The average Bonchev–Trinajstić information content (AvgIpc) is 3.58. The summed E-state index contributed by atoms with van der Waals surface area (Å²) in [6.45, 7) is 0. The van der Waals surface area contributed by atoms with Crippen LogP contribution in [0, 0.1) is 5.82 Å². The Kier molecular flexibility index (Phi) is 7.56. The number of halogens is 1. The number of carbonyl (C=O) groups is 3. The van der Waals surface area contributed by atoms with Crippen LogP contribution in [-0.2, 0) is 9.59 Å². The van der Waals surface area contributed by atoms with Crippen LogP contribution in [0.15, 0.2) is 105 Å². The lowest BCUT2D eigenvalue weighted by Crippen LogP contribution is -2.32. The van der Waals surface area contributed by atoms with Crippen molar-refractivity contribution in [3.8, 4) is 11.5 Å². The maximum atomic E-state index is 13.8. The van der Waals surface area contributed by atoms with E-state index in [-0.39, 0.29) is 27.8 Å². The number of ether oxygens (including phenoxy) is 2. The summed E-state index contributed by atoms with van der Waals surface area (Å²) < 4.78 is 29.3. The molecule has 1 aliphatic heterocycles. The number of amides is 3. The largest absolute Gasteiger partial charge is 0.497 e. The molecule has 0 radical (unpaired) electrons. The standard InChI is InChI=1S/C29H22FN3O6S/c1-37-20-12-13-22(24(16-20)38-2)33-28(35)25(31-18-10-8-17(30)9-11-18)26(29(33)36)40-21-6-3-5-19(15-21)32-27(34)23-7-4-14-39-23/h3-16,31H,1-2H3,(H,32,34). The molecule has 0 saturated heterocycles. The highest BCUT2D eigenvalue weighted by atomic mass is 32.2. The van der Waals surface area contributed by atoms with Gasteiger partial charge in [-0.15, -0.1) is 0 Å². The maximum absolute atomic E-state index is 13.8. The van der Waals surface area contributed by atoms with Crippen LogP contribution in [0.25, 0.3) is 0 Å². The summed E-state index contributed by atoms with van der Waals surface area (Å²) in [4.78, 5) is 41.6. The fourth-order valence-electron chi connectivity index (χ4n) is 3.94. The predicted octanol–water partition coefficient (Wildman–Crippen LogP) is 5.68. The first-order valence-electron chi connectivity index (χ1n) is 11.9. The van der Waals surface area contributed by atoms with Gasteiger partial charge in [-0.2, -0.15) is 0 Å². The van der Waals surface area contributed by atoms with E-state index in [1.807, 2.05) is 0 Å². The van der Waals surface area contributed by atoms with E-state index in [0.29, 0.717) is 22.0 Å². The van der Waals surface area contributed by atoms with Crippen molar-refractivity contribution in [2.75, 3.05) is 29.8 Å². The minimum atomic E-state index is -0.623. The molecule has 9 nitrogen and oxygen atoms in total. The summed E-state index contributed by atoms with van der Waals surface area (Å²) in [5.41, 5.74) is 1.11. The van der Waals surface area contributed by atoms with Crippen molar-refractivity contribution in [3.05, 3.63) is 107 Å². The first-order valence-corrected chi connectivity index (χ1v) is 12.7. The van der Waals surface area contributed by atoms with Crippen LogP contribution in [0.3, 0.4) is 0 Å². The lowest BCUT2D eigenvalue weighted by atomic mass is 10.2. The van der Waals surface area contributed by atoms with Gasteiger partial charge in [0.25, 0.3) is 17.7 Å². The first-order chi connectivity index (χ1) is 19.4. The number of nitrogens with one attached hydrogen (secondary N) is 2. The summed E-state index contributed by atoms with van der Waals surface area (Å²) in [5.74, 6) is -1.20. The SMILES string of the molecule is COc1ccc(N2C(=O)C(Nc3ccc(F)cc3)=C(Sc3cccc(NC(=O)c4ccco4)c3)C2=O)c(OC)c1. The Hall–Kier alpha value is -5.03. The molecule has 0 unspecified atom stereocenters. The van der Waals surface area contributed by atoms with E-state index < -0.39 is 23.5 Å². The van der Waals surface area contributed by atoms with Crippen LogP contribution in [0.4, 0.5) is 21.5 Å². The minimum Gasteiger partial charge on any atom is -0.497 e. The van der Waals surface area contributed by atoms with Gasteiger partial charge in [0.2, 0.25) is 0 Å². The number of hydrogen-bond donors (Lipinski definition) is 2. The van der Waals surface area contributed by atoms with E-state index in [1.54, 1.807) is 48.5 Å². The zero-order valence-corrected chi connectivity index (χ0v) is 22.1. The van der Waals surface area contributed by atoms with Crippen molar-refractivity contribution in [1.82, 2.24) is 0 Å². The number of imide groups is 1. The van der Waals surface area contributed by atoms with E-state index >= 15 is 0 Å². The number of carbonyl (C=O) groups excluding carboxylic acids is 3. The molecule has 0 fully saturated rings. The van der Waals surface area contributed by atoms with Gasteiger partial charge >= 0.3 is 0 Å². The average molecular weight is 560 g/mol. The zero-order valence-electron chi connectivity index (χ0n) is 21.3. The predicted molar refractivity (Wildman–Crippen MR) is 148 cm³/mol. The van der Waals surface area contributed by atoms with E-state index in [2.05, 4.69) is 10.6 Å². The Morgan fingerprint density at radius 3 is 2.40 bits per heavy atom. The molecule has 3 aromatic carbocycles. The van der Waals surface area contributed by atoms with Crippen molar-refractivity contribution in [2.45, 2.75) is 4.90 Å². The highest BCUT2D eigenvalue weighted by Gasteiger charge is 2.41. The van der Waals surface area contributed by atoms with Gasteiger partial charge in [-0.3, -0.25) is 14.4 Å². The molecule has 4 aromatic rings. The molecular weight excluding hydrogens is 537 g/mol. The van der Waals surface area contributed by atoms with Crippen molar-refractivity contribution in [2.24, 2.45) is 0 Å². The summed E-state index contributed by atoms with van der Waals surface area (Å²) in [6.07, 6.45) is 1.40. The normalized spacial score (nSPS) is 13.0. The number of anilines is 3. The van der Waals surface area contributed by atoms with Crippen molar-refractivity contribution >= 4 is 46.5 Å². The van der Waals surface area contributed by atoms with Gasteiger partial charge in [-0.1, -0.05) is 17.8 Å². The number of furan rings is 1. The van der Waals surface area contributed by atoms with E-state index in [0.717, 1.165) is 16.7 Å². The van der Waals surface area contributed by atoms with Gasteiger partial charge < -0.3 is 24.5 Å². The summed E-state index contributed by atoms with van der Waals surface area (Å²) in [5, 5.41) is 5.72. The molecular formula is C29H22FN3O6S. The van der Waals surface area contributed by atoms with Crippen molar-refractivity contribution < 1.29 is 32.7 Å². The molecule has 2 N–H and O–H groups in total. The zero-order chi connectivity index (χ0) is 28.2. The Morgan fingerprint density at radius 1 is 0.900 bits per heavy atom. The molecule has 2 heterocycles. The highest BCUT2D eigenvalue weighted by Crippen LogP contribution is 2.42. The number of hydrogen-bond acceptors (Lipinski definition) is 8. The van der Waals surface area contributed by atoms with Gasteiger partial charge in [-0.25, -0.2) is 9.29 Å². The molecule has 1 aliphatic rings. The first kappa shape index (κ1) is 26.6. The Labute approximate surface area is 232 Å². The maximum Gasteiger partial charge on any atom is 0.291 e. The summed E-state index contributed by atoms with van der Waals surface area (Å²) in [6, 6.07) is 20.1. The van der Waals surface area contributed by atoms with E-state index in [4.69, 9.17) is 13.9 Å². The van der Waals surface area contributed by atoms with Crippen molar-refractivity contribution in [3.63, 3.8) is 0 Å². The van der Waals surface area contributed by atoms with Gasteiger partial charge in [0.05, 0.1) is 26.2 Å². The van der Waals surface area contributed by atoms with Gasteiger partial charge in [-0.05, 0) is 66.7 Å². The van der Waals surface area contributed by atoms with Crippen LogP contribution >= 0.6 is 11.8 Å². The molecule has 40 heavy (non-hydrogen) atoms. The van der Waals surface area contributed by atoms with Crippen LogP contribution < -0.4 is 25.0 Å². The van der Waals surface area contributed by atoms with Crippen LogP contribution in [-0.4, -0.2) is 31.9 Å². The molecule has 3 amide bonds. The Morgan fingerprint density at radius 2 is 1.70 bits per heavy atom. The fourth-order valence-corrected chi connectivity index (χ4v) is 4.92. The molecule has 0 spiro atoms. The number of benzene rings is 3. The molecule has 0 saturated carbocycles. The quantitative estimate of drug-likeness (QED) is 0.252. The third kappa shape index (κ3) is 5.40. The Bertz CT molecular complexity index is 1620. The van der Waals surface area contributed by atoms with Crippen molar-refractivity contribution in [1.29, 1.82) is 0 Å². The van der Waals surface area contributed by atoms with E-state index in [1.165, 1.54) is 50.8 Å². The fraction of sp³-hybridized carbons (Fsp3) is 0.0690. The smallest absolute Gasteiger partial charge is 0.291 e. The number of methoxy groups -OCH3 is 2. The molecule has 5 rings (SSSR count). The second kappa shape index (κ2) is 11.4. The van der Waals surface area contributed by atoms with Crippen LogP contribution in [0.1, 0.15) is 10.6 Å². The van der Waals surface area contributed by atoms with E-state index in [9.17, 15) is 18.8 Å². The molecule has 1 aromatic heterocycles. The van der Waals surface area contributed by atoms with Gasteiger partial charge in [0, 0.05) is 22.3 Å². The number of thioether (sulfide) groups is 1. The second-order valence-corrected chi connectivity index (χ2v) is 9.46. The molecule has 0 bridgehead atoms. The summed E-state index contributed by atoms with van der Waals surface area (Å²) in [7, 11) is 2.92. The summed E-state index contributed by atoms with van der Waals surface area (Å²) >= 11 is 1.04. The van der Waals surface area contributed by atoms with Crippen LogP contribution in [0.5, 0.6) is 11.5 Å². The van der Waals surface area contributed by atoms with Crippen LogP contribution in [0.2, 0.25) is 0 Å². The highest BCUT2D eigenvalue weighted by molar-refractivity contribution is 8.04. The molecule has 11 heteroatoms. The molecule has 0 atom stereocenters. The third-order valence-electron chi connectivity index (χ3n) is 5.84. The lowest BCUT2D eigenvalue weighted by molar-refractivity contribution is -0.120. The number of rotatable bonds is 9. The number of nitrogens with zero attached hydrogens (tertiary/aromatic N) is 1. The van der Waals surface area contributed by atoms with Gasteiger partial charge in [0.1, 0.15) is 27.9 Å². The monoisotopic (exact) mass is 559 g/mol. The van der Waals surface area contributed by atoms with Gasteiger partial charge in [0.15, 0.2) is 5.76 Å². The molecule has 0 aliphatic carbocycles. The topological polar surface area (TPSA) is 110 Å². The second-order valence-electron chi connectivity index (χ2n) is 8.38. The Balaban J connectivity index is 1.49. The third-order valence-corrected chi connectivity index (χ3v) is 6.91. The lowest BCUT2D eigenvalue weighted by Gasteiger charge is -2.19. The molecule has 202 valence electrons.